The van der Waals surface area contributed by atoms with Gasteiger partial charge in [0.2, 0.25) is 0 Å². The molecule has 29 heavy (non-hydrogen) atoms. The van der Waals surface area contributed by atoms with Crippen LogP contribution in [-0.4, -0.2) is 40.4 Å². The van der Waals surface area contributed by atoms with Crippen LogP contribution in [0.2, 0.25) is 0 Å². The first kappa shape index (κ1) is 22.4. The Labute approximate surface area is 174 Å². The lowest BCUT2D eigenvalue weighted by molar-refractivity contribution is 0.354. The fourth-order valence-electron chi connectivity index (χ4n) is 3.00. The van der Waals surface area contributed by atoms with Crippen molar-refractivity contribution >= 4 is 5.96 Å². The van der Waals surface area contributed by atoms with Gasteiger partial charge < -0.3 is 24.8 Å². The van der Waals surface area contributed by atoms with Gasteiger partial charge in [0.1, 0.15) is 5.75 Å². The van der Waals surface area contributed by atoms with Crippen LogP contribution in [0, 0.1) is 0 Å². The van der Waals surface area contributed by atoms with Crippen molar-refractivity contribution in [3.8, 4) is 17.2 Å². The van der Waals surface area contributed by atoms with Crippen LogP contribution in [0.4, 0.5) is 0 Å². The number of hydrogen-bond donors (Lipinski definition) is 2. The summed E-state index contributed by atoms with van der Waals surface area (Å²) in [5.74, 6) is 3.58. The molecule has 0 saturated heterocycles. The Kier molecular flexibility index (Phi) is 9.15. The molecule has 0 fully saturated rings. The Morgan fingerprint density at radius 2 is 1.66 bits per heavy atom. The minimum Gasteiger partial charge on any atom is -0.497 e. The summed E-state index contributed by atoms with van der Waals surface area (Å²) in [6.45, 7) is 6.51. The standard InChI is InChI=1S/C23H33N3O3/c1-6-24-23(26-16-18-7-12-21(28-4)22(15-18)29-5)25-14-13-17(2)19-8-10-20(27-3)11-9-19/h7-12,15,17H,6,13-14,16H2,1-5H3,(H2,24,25,26). The zero-order valence-electron chi connectivity index (χ0n) is 18.1. The van der Waals surface area contributed by atoms with E-state index in [0.717, 1.165) is 42.5 Å². The van der Waals surface area contributed by atoms with E-state index in [2.05, 4.69) is 41.6 Å². The molecule has 2 N–H and O–H groups in total. The van der Waals surface area contributed by atoms with E-state index in [1.165, 1.54) is 5.56 Å². The summed E-state index contributed by atoms with van der Waals surface area (Å²) in [6.07, 6.45) is 1.01. The van der Waals surface area contributed by atoms with Gasteiger partial charge in [0.25, 0.3) is 0 Å². The molecule has 0 saturated carbocycles. The van der Waals surface area contributed by atoms with Crippen LogP contribution in [0.15, 0.2) is 47.5 Å². The van der Waals surface area contributed by atoms with E-state index in [1.807, 2.05) is 30.3 Å². The second-order valence-electron chi connectivity index (χ2n) is 6.77. The first-order valence-electron chi connectivity index (χ1n) is 9.98. The first-order chi connectivity index (χ1) is 14.1. The number of ether oxygens (including phenoxy) is 3. The molecule has 6 heteroatoms. The minimum atomic E-state index is 0.446. The highest BCUT2D eigenvalue weighted by molar-refractivity contribution is 5.79. The smallest absolute Gasteiger partial charge is 0.191 e. The van der Waals surface area contributed by atoms with Gasteiger partial charge >= 0.3 is 0 Å². The summed E-state index contributed by atoms with van der Waals surface area (Å²) in [5.41, 5.74) is 2.37. The maximum atomic E-state index is 5.37. The average molecular weight is 400 g/mol. The van der Waals surface area contributed by atoms with Gasteiger partial charge in [0.15, 0.2) is 17.5 Å². The molecule has 2 rings (SSSR count). The lowest BCUT2D eigenvalue weighted by atomic mass is 9.98. The lowest BCUT2D eigenvalue weighted by Crippen LogP contribution is -2.38. The molecule has 0 spiro atoms. The number of nitrogens with one attached hydrogen (secondary N) is 2. The van der Waals surface area contributed by atoms with Gasteiger partial charge in [-0.05, 0) is 54.7 Å². The van der Waals surface area contributed by atoms with E-state index in [9.17, 15) is 0 Å². The van der Waals surface area contributed by atoms with Crippen LogP contribution in [0.5, 0.6) is 17.2 Å². The Morgan fingerprint density at radius 3 is 2.28 bits per heavy atom. The summed E-state index contributed by atoms with van der Waals surface area (Å²) in [6, 6.07) is 14.1. The van der Waals surface area contributed by atoms with Gasteiger partial charge in [-0.15, -0.1) is 0 Å². The normalized spacial score (nSPS) is 12.2. The van der Waals surface area contributed by atoms with E-state index in [1.54, 1.807) is 21.3 Å². The van der Waals surface area contributed by atoms with Gasteiger partial charge in [-0.25, -0.2) is 4.99 Å². The second kappa shape index (κ2) is 11.8. The van der Waals surface area contributed by atoms with Crippen molar-refractivity contribution < 1.29 is 14.2 Å². The molecule has 0 aliphatic carbocycles. The van der Waals surface area contributed by atoms with E-state index in [-0.39, 0.29) is 0 Å². The molecule has 158 valence electrons. The van der Waals surface area contributed by atoms with Gasteiger partial charge in [0, 0.05) is 13.1 Å². The highest BCUT2D eigenvalue weighted by Gasteiger charge is 2.07. The van der Waals surface area contributed by atoms with Crippen molar-refractivity contribution in [2.45, 2.75) is 32.7 Å². The molecule has 0 aromatic heterocycles. The van der Waals surface area contributed by atoms with Crippen molar-refractivity contribution in [2.75, 3.05) is 34.4 Å². The lowest BCUT2D eigenvalue weighted by Gasteiger charge is -2.15. The quantitative estimate of drug-likeness (QED) is 0.468. The molecular weight excluding hydrogens is 366 g/mol. The first-order valence-corrected chi connectivity index (χ1v) is 9.98. The predicted octanol–water partition coefficient (Wildman–Crippen LogP) is 3.96. The molecule has 0 aliphatic heterocycles. The number of benzene rings is 2. The van der Waals surface area contributed by atoms with E-state index < -0.39 is 0 Å². The highest BCUT2D eigenvalue weighted by Crippen LogP contribution is 2.27. The number of methoxy groups -OCH3 is 3. The van der Waals surface area contributed by atoms with Crippen LogP contribution in [0.1, 0.15) is 37.3 Å². The fourth-order valence-corrected chi connectivity index (χ4v) is 3.00. The van der Waals surface area contributed by atoms with Crippen LogP contribution < -0.4 is 24.8 Å². The number of aliphatic imine (C=N–C) groups is 1. The molecule has 2 aromatic rings. The molecule has 0 heterocycles. The summed E-state index contributed by atoms with van der Waals surface area (Å²) in [4.78, 5) is 4.69. The Hall–Kier alpha value is -2.89. The summed E-state index contributed by atoms with van der Waals surface area (Å²) < 4.78 is 15.9. The van der Waals surface area contributed by atoms with Crippen LogP contribution in [0.25, 0.3) is 0 Å². The SMILES string of the molecule is CCNC(=NCc1ccc(OC)c(OC)c1)NCCC(C)c1ccc(OC)cc1. The van der Waals surface area contributed by atoms with Crippen molar-refractivity contribution in [3.63, 3.8) is 0 Å². The third kappa shape index (κ3) is 6.89. The van der Waals surface area contributed by atoms with Gasteiger partial charge in [-0.1, -0.05) is 25.1 Å². The molecule has 1 atom stereocenters. The van der Waals surface area contributed by atoms with Crippen LogP contribution >= 0.6 is 0 Å². The number of nitrogens with zero attached hydrogens (tertiary/aromatic N) is 1. The average Bonchev–Trinajstić information content (AvgIpc) is 2.77. The Balaban J connectivity index is 1.91. The molecule has 0 bridgehead atoms. The Bertz CT molecular complexity index is 775. The van der Waals surface area contributed by atoms with Gasteiger partial charge in [0.05, 0.1) is 27.9 Å². The summed E-state index contributed by atoms with van der Waals surface area (Å²) in [7, 11) is 4.96. The van der Waals surface area contributed by atoms with E-state index in [4.69, 9.17) is 14.2 Å². The summed E-state index contributed by atoms with van der Waals surface area (Å²) >= 11 is 0. The summed E-state index contributed by atoms with van der Waals surface area (Å²) in [5, 5.41) is 6.72. The Morgan fingerprint density at radius 1 is 0.931 bits per heavy atom. The van der Waals surface area contributed by atoms with Gasteiger partial charge in [-0.2, -0.15) is 0 Å². The van der Waals surface area contributed by atoms with Crippen molar-refractivity contribution in [2.24, 2.45) is 4.99 Å². The zero-order chi connectivity index (χ0) is 21.1. The largest absolute Gasteiger partial charge is 0.497 e. The maximum Gasteiger partial charge on any atom is 0.191 e. The van der Waals surface area contributed by atoms with Crippen molar-refractivity contribution in [1.82, 2.24) is 10.6 Å². The maximum absolute atomic E-state index is 5.37. The third-order valence-electron chi connectivity index (χ3n) is 4.77. The van der Waals surface area contributed by atoms with E-state index in [0.29, 0.717) is 18.2 Å². The third-order valence-corrected chi connectivity index (χ3v) is 4.77. The number of hydrogen-bond acceptors (Lipinski definition) is 4. The van der Waals surface area contributed by atoms with Gasteiger partial charge in [-0.3, -0.25) is 0 Å². The molecule has 0 amide bonds. The molecule has 2 aromatic carbocycles. The van der Waals surface area contributed by atoms with E-state index >= 15 is 0 Å². The topological polar surface area (TPSA) is 64.1 Å². The monoisotopic (exact) mass is 399 g/mol. The number of rotatable bonds is 10. The van der Waals surface area contributed by atoms with Crippen molar-refractivity contribution in [1.29, 1.82) is 0 Å². The number of guanidine groups is 1. The van der Waals surface area contributed by atoms with Crippen molar-refractivity contribution in [3.05, 3.63) is 53.6 Å². The van der Waals surface area contributed by atoms with Crippen LogP contribution in [0.3, 0.4) is 0 Å². The molecule has 6 nitrogen and oxygen atoms in total. The highest BCUT2D eigenvalue weighted by atomic mass is 16.5. The predicted molar refractivity (Wildman–Crippen MR) is 118 cm³/mol. The molecule has 1 unspecified atom stereocenters. The second-order valence-corrected chi connectivity index (χ2v) is 6.77. The zero-order valence-corrected chi connectivity index (χ0v) is 18.1. The molecule has 0 radical (unpaired) electrons. The minimum absolute atomic E-state index is 0.446. The van der Waals surface area contributed by atoms with Crippen LogP contribution in [-0.2, 0) is 6.54 Å². The fraction of sp³-hybridized carbons (Fsp3) is 0.435. The molecule has 0 aliphatic rings. The molecular formula is C23H33N3O3.